The Labute approximate surface area is 187 Å². The Balaban J connectivity index is 2.11. The van der Waals surface area contributed by atoms with E-state index >= 15 is 0 Å². The molecule has 2 aromatic rings. The van der Waals surface area contributed by atoms with E-state index < -0.39 is 17.7 Å². The summed E-state index contributed by atoms with van der Waals surface area (Å²) in [6, 6.07) is 11.4. The van der Waals surface area contributed by atoms with Gasteiger partial charge >= 0.3 is 0 Å². The maximum Gasteiger partial charge on any atom is 0.295 e. The van der Waals surface area contributed by atoms with Crippen LogP contribution < -0.4 is 14.8 Å². The van der Waals surface area contributed by atoms with Crippen LogP contribution in [0, 0.1) is 6.92 Å². The van der Waals surface area contributed by atoms with Crippen LogP contribution in [0.5, 0.6) is 11.5 Å². The van der Waals surface area contributed by atoms with Crippen LogP contribution in [-0.2, 0) is 9.59 Å². The Bertz CT molecular complexity index is 1020. The molecule has 0 aromatic heterocycles. The number of methoxy groups -OCH3 is 2. The van der Waals surface area contributed by atoms with E-state index in [0.29, 0.717) is 35.7 Å². The number of carbonyl (C=O) groups excluding carboxylic acids is 2. The molecule has 1 aliphatic heterocycles. The first-order chi connectivity index (χ1) is 15.4. The minimum atomic E-state index is -0.799. The van der Waals surface area contributed by atoms with Gasteiger partial charge in [-0.15, -0.1) is 0 Å². The van der Waals surface area contributed by atoms with Crippen molar-refractivity contribution in [1.29, 1.82) is 0 Å². The Morgan fingerprint density at radius 1 is 1.03 bits per heavy atom. The number of hydrogen-bond acceptors (Lipinski definition) is 7. The molecule has 1 heterocycles. The molecular weight excluding hydrogens is 412 g/mol. The predicted molar refractivity (Wildman–Crippen MR) is 120 cm³/mol. The van der Waals surface area contributed by atoms with Crippen LogP contribution in [0.25, 0.3) is 5.76 Å². The first-order valence-corrected chi connectivity index (χ1v) is 10.3. The van der Waals surface area contributed by atoms with E-state index in [4.69, 9.17) is 14.6 Å². The average molecular weight is 440 g/mol. The zero-order valence-corrected chi connectivity index (χ0v) is 18.4. The lowest BCUT2D eigenvalue weighted by molar-refractivity contribution is -0.139. The number of aryl methyl sites for hydroxylation is 1. The number of nitrogens with zero attached hydrogens (tertiary/aromatic N) is 1. The summed E-state index contributed by atoms with van der Waals surface area (Å²) in [5.41, 5.74) is 2.09. The predicted octanol–water partition coefficient (Wildman–Crippen LogP) is 2.02. The molecule has 0 spiro atoms. The Kier molecular flexibility index (Phi) is 7.50. The lowest BCUT2D eigenvalue weighted by Crippen LogP contribution is -2.36. The zero-order valence-electron chi connectivity index (χ0n) is 18.4. The second-order valence-electron chi connectivity index (χ2n) is 7.45. The maximum atomic E-state index is 13.0. The van der Waals surface area contributed by atoms with E-state index in [0.717, 1.165) is 5.56 Å². The van der Waals surface area contributed by atoms with E-state index in [1.807, 2.05) is 19.1 Å². The number of ketones is 1. The quantitative estimate of drug-likeness (QED) is 0.237. The molecule has 2 aromatic carbocycles. The number of aliphatic hydroxyl groups is 2. The van der Waals surface area contributed by atoms with Crippen molar-refractivity contribution in [3.8, 4) is 11.5 Å². The van der Waals surface area contributed by atoms with Crippen molar-refractivity contribution in [2.24, 2.45) is 0 Å². The number of aliphatic hydroxyl groups excluding tert-OH is 2. The van der Waals surface area contributed by atoms with E-state index in [2.05, 4.69) is 5.32 Å². The summed E-state index contributed by atoms with van der Waals surface area (Å²) in [4.78, 5) is 27.4. The first-order valence-electron chi connectivity index (χ1n) is 10.3. The van der Waals surface area contributed by atoms with Gasteiger partial charge in [0.25, 0.3) is 11.7 Å². The minimum absolute atomic E-state index is 0.0215. The smallest absolute Gasteiger partial charge is 0.295 e. The van der Waals surface area contributed by atoms with Crippen molar-refractivity contribution < 1.29 is 29.3 Å². The standard InChI is InChI=1S/C24H28N2O6/c1-15-4-6-16(7-5-15)22(28)20-21(17-8-9-18(31-2)19(14-17)32-3)26(24(30)23(20)29)12-10-25-11-13-27/h4-9,14,21,25,27-28H,10-13H2,1-3H3. The van der Waals surface area contributed by atoms with Crippen molar-refractivity contribution in [2.45, 2.75) is 13.0 Å². The second kappa shape index (κ2) is 10.3. The van der Waals surface area contributed by atoms with Gasteiger partial charge in [0, 0.05) is 25.2 Å². The van der Waals surface area contributed by atoms with Crippen molar-refractivity contribution in [1.82, 2.24) is 10.2 Å². The van der Waals surface area contributed by atoms with Crippen LogP contribution in [0.3, 0.4) is 0 Å². The number of hydrogen-bond donors (Lipinski definition) is 3. The summed E-state index contributed by atoms with van der Waals surface area (Å²) in [6.07, 6.45) is 0. The molecule has 0 bridgehead atoms. The third kappa shape index (κ3) is 4.61. The molecule has 1 fully saturated rings. The van der Waals surface area contributed by atoms with Crippen molar-refractivity contribution in [2.75, 3.05) is 40.5 Å². The monoisotopic (exact) mass is 440 g/mol. The molecule has 1 saturated heterocycles. The van der Waals surface area contributed by atoms with Gasteiger partial charge < -0.3 is 29.9 Å². The summed E-state index contributed by atoms with van der Waals surface area (Å²) in [5.74, 6) is -0.705. The Morgan fingerprint density at radius 2 is 1.72 bits per heavy atom. The minimum Gasteiger partial charge on any atom is -0.507 e. The molecule has 8 nitrogen and oxygen atoms in total. The zero-order chi connectivity index (χ0) is 23.3. The highest BCUT2D eigenvalue weighted by atomic mass is 16.5. The third-order valence-electron chi connectivity index (χ3n) is 5.41. The normalized spacial score (nSPS) is 17.6. The SMILES string of the molecule is COc1ccc(C2C(=C(O)c3ccc(C)cc3)C(=O)C(=O)N2CCNCCO)cc1OC. The molecule has 3 N–H and O–H groups in total. The number of likely N-dealkylation sites (tertiary alicyclic amines) is 1. The summed E-state index contributed by atoms with van der Waals surface area (Å²) in [5, 5.41) is 23.1. The number of benzene rings is 2. The van der Waals surface area contributed by atoms with Crippen LogP contribution in [0.2, 0.25) is 0 Å². The van der Waals surface area contributed by atoms with Gasteiger partial charge in [0.15, 0.2) is 11.5 Å². The number of amides is 1. The van der Waals surface area contributed by atoms with Gasteiger partial charge in [-0.1, -0.05) is 35.9 Å². The molecule has 1 atom stereocenters. The summed E-state index contributed by atoms with van der Waals surface area (Å²) >= 11 is 0. The fourth-order valence-corrected chi connectivity index (χ4v) is 3.75. The van der Waals surface area contributed by atoms with Gasteiger partial charge in [0.05, 0.1) is 32.4 Å². The molecule has 3 rings (SSSR count). The number of carbonyl (C=O) groups is 2. The molecule has 32 heavy (non-hydrogen) atoms. The van der Waals surface area contributed by atoms with Crippen molar-refractivity contribution in [3.05, 3.63) is 64.7 Å². The van der Waals surface area contributed by atoms with Gasteiger partial charge in [0.1, 0.15) is 5.76 Å². The van der Waals surface area contributed by atoms with Gasteiger partial charge in [-0.25, -0.2) is 0 Å². The van der Waals surface area contributed by atoms with Gasteiger partial charge in [-0.3, -0.25) is 9.59 Å². The molecule has 1 amide bonds. The number of ether oxygens (including phenoxy) is 2. The average Bonchev–Trinajstić information content (AvgIpc) is 3.06. The fourth-order valence-electron chi connectivity index (χ4n) is 3.75. The summed E-state index contributed by atoms with van der Waals surface area (Å²) < 4.78 is 10.7. The van der Waals surface area contributed by atoms with Crippen LogP contribution >= 0.6 is 0 Å². The van der Waals surface area contributed by atoms with E-state index in [9.17, 15) is 14.7 Å². The van der Waals surface area contributed by atoms with Crippen LogP contribution in [-0.4, -0.2) is 67.3 Å². The third-order valence-corrected chi connectivity index (χ3v) is 5.41. The highest BCUT2D eigenvalue weighted by Crippen LogP contribution is 2.41. The molecule has 0 radical (unpaired) electrons. The number of nitrogens with one attached hydrogen (secondary N) is 1. The number of rotatable bonds is 9. The van der Waals surface area contributed by atoms with Gasteiger partial charge in [-0.05, 0) is 24.6 Å². The summed E-state index contributed by atoms with van der Waals surface area (Å²) in [7, 11) is 3.03. The topological polar surface area (TPSA) is 108 Å². The lowest BCUT2D eigenvalue weighted by atomic mass is 9.94. The van der Waals surface area contributed by atoms with Crippen molar-refractivity contribution in [3.63, 3.8) is 0 Å². The van der Waals surface area contributed by atoms with Gasteiger partial charge in [0.2, 0.25) is 0 Å². The van der Waals surface area contributed by atoms with Crippen LogP contribution in [0.4, 0.5) is 0 Å². The largest absolute Gasteiger partial charge is 0.507 e. The molecule has 0 saturated carbocycles. The van der Waals surface area contributed by atoms with Gasteiger partial charge in [-0.2, -0.15) is 0 Å². The summed E-state index contributed by atoms with van der Waals surface area (Å²) in [6.45, 7) is 2.85. The molecule has 170 valence electrons. The van der Waals surface area contributed by atoms with Crippen molar-refractivity contribution >= 4 is 17.4 Å². The molecule has 1 aliphatic rings. The van der Waals surface area contributed by atoms with E-state index in [1.165, 1.54) is 19.1 Å². The maximum absolute atomic E-state index is 13.0. The fraction of sp³-hybridized carbons (Fsp3) is 0.333. The number of Topliss-reactive ketones (excluding diaryl/α,β-unsaturated/α-hetero) is 1. The molecular formula is C24H28N2O6. The lowest BCUT2D eigenvalue weighted by Gasteiger charge is -2.26. The highest BCUT2D eigenvalue weighted by Gasteiger charge is 2.46. The van der Waals surface area contributed by atoms with E-state index in [1.54, 1.807) is 30.3 Å². The Hall–Kier alpha value is -3.36. The molecule has 0 aliphatic carbocycles. The second-order valence-corrected chi connectivity index (χ2v) is 7.45. The van der Waals surface area contributed by atoms with Crippen LogP contribution in [0.15, 0.2) is 48.0 Å². The molecule has 8 heteroatoms. The highest BCUT2D eigenvalue weighted by molar-refractivity contribution is 6.46. The van der Waals surface area contributed by atoms with E-state index in [-0.39, 0.29) is 24.5 Å². The first kappa shape index (κ1) is 23.3. The molecule has 1 unspecified atom stereocenters. The Morgan fingerprint density at radius 3 is 2.34 bits per heavy atom. The van der Waals surface area contributed by atoms with Crippen LogP contribution in [0.1, 0.15) is 22.7 Å².